The molecule has 0 aliphatic carbocycles. The number of rotatable bonds is 11. The maximum absolute atomic E-state index is 11.4. The van der Waals surface area contributed by atoms with E-state index in [9.17, 15) is 45.3 Å². The number of nitro groups is 4. The van der Waals surface area contributed by atoms with E-state index in [0.717, 1.165) is 6.92 Å². The average Bonchev–Trinajstić information content (AvgIpc) is 2.54. The molecule has 0 heterocycles. The van der Waals surface area contributed by atoms with Crippen LogP contribution in [0.25, 0.3) is 0 Å². The number of hydrogen-bond acceptors (Lipinski definition) is 11. The minimum Gasteiger partial charge on any atom is -0.384 e. The molecule has 0 fully saturated rings. The third kappa shape index (κ3) is 5.56. The van der Waals surface area contributed by atoms with Crippen LogP contribution in [0, 0.1) is 40.5 Å². The van der Waals surface area contributed by atoms with E-state index in [1.54, 1.807) is 0 Å². The highest BCUT2D eigenvalue weighted by atomic mass is 16.7. The largest absolute Gasteiger partial charge is 0.456 e. The topological polar surface area (TPSA) is 237 Å². The molecule has 0 aromatic rings. The standard InChI is InChI=1S/C10H16N6O10/c1-9(13(18)19,14(20)21)5-3-7(11)12-26-8(17)4-6-10(2,15(22)23)16(24)25/h3-6H2,1-2H3,(H2,11,12). The van der Waals surface area contributed by atoms with Gasteiger partial charge in [-0.1, -0.05) is 5.16 Å². The zero-order valence-electron chi connectivity index (χ0n) is 13.7. The van der Waals surface area contributed by atoms with Gasteiger partial charge in [0.1, 0.15) is 5.84 Å². The zero-order valence-corrected chi connectivity index (χ0v) is 13.7. The number of nitrogens with two attached hydrogens (primary N) is 1. The van der Waals surface area contributed by atoms with Crippen molar-refractivity contribution in [1.82, 2.24) is 0 Å². The molecule has 0 rings (SSSR count). The average molecular weight is 380 g/mol. The monoisotopic (exact) mass is 380 g/mol. The second-order valence-electron chi connectivity index (χ2n) is 5.51. The summed E-state index contributed by atoms with van der Waals surface area (Å²) in [6.07, 6.45) is -2.59. The summed E-state index contributed by atoms with van der Waals surface area (Å²) in [4.78, 5) is 54.0. The molecule has 0 saturated carbocycles. The van der Waals surface area contributed by atoms with Crippen LogP contribution in [-0.4, -0.2) is 42.8 Å². The van der Waals surface area contributed by atoms with E-state index in [4.69, 9.17) is 5.73 Å². The van der Waals surface area contributed by atoms with Gasteiger partial charge in [0.2, 0.25) is 0 Å². The third-order valence-electron chi connectivity index (χ3n) is 3.50. The van der Waals surface area contributed by atoms with Crippen molar-refractivity contribution in [2.24, 2.45) is 10.9 Å². The van der Waals surface area contributed by atoms with Crippen LogP contribution in [0.1, 0.15) is 39.5 Å². The lowest BCUT2D eigenvalue weighted by Gasteiger charge is -2.12. The first kappa shape index (κ1) is 22.5. The molecule has 0 radical (unpaired) electrons. The first-order chi connectivity index (χ1) is 11.8. The Bertz CT molecular complexity index is 618. The highest BCUT2D eigenvalue weighted by Gasteiger charge is 2.51. The van der Waals surface area contributed by atoms with E-state index >= 15 is 0 Å². The van der Waals surface area contributed by atoms with Crippen molar-refractivity contribution in [3.63, 3.8) is 0 Å². The fraction of sp³-hybridized carbons (Fsp3) is 0.800. The van der Waals surface area contributed by atoms with Gasteiger partial charge in [-0.05, 0) is 0 Å². The quantitative estimate of drug-likeness (QED) is 0.124. The molecule has 16 heteroatoms. The maximum atomic E-state index is 11.4. The van der Waals surface area contributed by atoms with Gasteiger partial charge in [-0.25, -0.2) is 4.79 Å². The van der Waals surface area contributed by atoms with Gasteiger partial charge >= 0.3 is 17.3 Å². The summed E-state index contributed by atoms with van der Waals surface area (Å²) in [7, 11) is 0. The van der Waals surface area contributed by atoms with E-state index in [-0.39, 0.29) is 0 Å². The second-order valence-corrected chi connectivity index (χ2v) is 5.51. The zero-order chi connectivity index (χ0) is 20.7. The van der Waals surface area contributed by atoms with Gasteiger partial charge in [0, 0.05) is 6.42 Å². The molecular formula is C10H16N6O10. The predicted octanol–water partition coefficient (Wildman–Crippen LogP) is -0.0986. The van der Waals surface area contributed by atoms with Crippen molar-refractivity contribution in [1.29, 1.82) is 0 Å². The molecule has 0 aromatic heterocycles. The Morgan fingerprint density at radius 1 is 0.885 bits per heavy atom. The van der Waals surface area contributed by atoms with Gasteiger partial charge < -0.3 is 10.6 Å². The molecular weight excluding hydrogens is 364 g/mol. The molecule has 0 unspecified atom stereocenters. The van der Waals surface area contributed by atoms with Gasteiger partial charge in [0.15, 0.2) is 0 Å². The van der Waals surface area contributed by atoms with Crippen LogP contribution in [0.3, 0.4) is 0 Å². The summed E-state index contributed by atoms with van der Waals surface area (Å²) in [5.74, 6) is -1.64. The summed E-state index contributed by atoms with van der Waals surface area (Å²) < 4.78 is 0. The van der Waals surface area contributed by atoms with Crippen molar-refractivity contribution in [2.75, 3.05) is 0 Å². The lowest BCUT2D eigenvalue weighted by molar-refractivity contribution is -0.793. The maximum Gasteiger partial charge on any atom is 0.456 e. The van der Waals surface area contributed by atoms with E-state index < -0.39 is 68.5 Å². The first-order valence-corrected chi connectivity index (χ1v) is 6.87. The number of carbonyl (C=O) groups is 1. The van der Waals surface area contributed by atoms with Gasteiger partial charge in [0.05, 0.1) is 52.8 Å². The fourth-order valence-corrected chi connectivity index (χ4v) is 1.40. The lowest BCUT2D eigenvalue weighted by atomic mass is 10.1. The van der Waals surface area contributed by atoms with Crippen molar-refractivity contribution in [3.05, 3.63) is 40.5 Å². The summed E-state index contributed by atoms with van der Waals surface area (Å²) in [5.41, 5.74) is 0.219. The minimum absolute atomic E-state index is 0.451. The molecule has 0 aliphatic heterocycles. The van der Waals surface area contributed by atoms with Gasteiger partial charge in [-0.2, -0.15) is 0 Å². The lowest BCUT2D eigenvalue weighted by Crippen LogP contribution is -2.43. The molecule has 0 spiro atoms. The Hall–Kier alpha value is -3.46. The van der Waals surface area contributed by atoms with Crippen molar-refractivity contribution in [2.45, 2.75) is 50.9 Å². The Morgan fingerprint density at radius 3 is 1.58 bits per heavy atom. The van der Waals surface area contributed by atoms with Crippen LogP contribution < -0.4 is 5.73 Å². The number of carbonyl (C=O) groups excluding carboxylic acids is 1. The molecule has 16 nitrogen and oxygen atoms in total. The fourth-order valence-electron chi connectivity index (χ4n) is 1.40. The number of amidine groups is 1. The van der Waals surface area contributed by atoms with Gasteiger partial charge in [-0.15, -0.1) is 0 Å². The first-order valence-electron chi connectivity index (χ1n) is 6.87. The predicted molar refractivity (Wildman–Crippen MR) is 81.0 cm³/mol. The summed E-state index contributed by atoms with van der Waals surface area (Å²) in [6, 6.07) is 0. The SMILES string of the molecule is CC(CCC(=O)O/N=C(\N)CCC(C)([N+](=O)[O-])[N+](=O)[O-])([N+](=O)[O-])[N+](=O)[O-]. The number of hydrogen-bond donors (Lipinski definition) is 1. The van der Waals surface area contributed by atoms with E-state index in [1.165, 1.54) is 0 Å². The molecule has 0 amide bonds. The van der Waals surface area contributed by atoms with E-state index in [1.807, 2.05) is 0 Å². The molecule has 2 N–H and O–H groups in total. The van der Waals surface area contributed by atoms with Crippen molar-refractivity contribution < 1.29 is 29.3 Å². The molecule has 26 heavy (non-hydrogen) atoms. The van der Waals surface area contributed by atoms with Crippen molar-refractivity contribution in [3.8, 4) is 0 Å². The van der Waals surface area contributed by atoms with E-state index in [2.05, 4.69) is 9.99 Å². The molecule has 146 valence electrons. The Balaban J connectivity index is 4.70. The smallest absolute Gasteiger partial charge is 0.384 e. The number of oxime groups is 1. The molecule has 0 aromatic carbocycles. The molecule has 0 aliphatic rings. The van der Waals surface area contributed by atoms with Crippen LogP contribution in [0.15, 0.2) is 5.16 Å². The van der Waals surface area contributed by atoms with E-state index in [0.29, 0.717) is 6.92 Å². The third-order valence-corrected chi connectivity index (χ3v) is 3.50. The van der Waals surface area contributed by atoms with Gasteiger partial charge in [-0.3, -0.25) is 40.5 Å². The van der Waals surface area contributed by atoms with Crippen LogP contribution >= 0.6 is 0 Å². The number of nitrogens with zero attached hydrogens (tertiary/aromatic N) is 5. The summed E-state index contributed by atoms with van der Waals surface area (Å²) >= 11 is 0. The Morgan fingerprint density at radius 2 is 1.23 bits per heavy atom. The highest BCUT2D eigenvalue weighted by Crippen LogP contribution is 2.19. The van der Waals surface area contributed by atoms with Crippen LogP contribution in [0.2, 0.25) is 0 Å². The minimum atomic E-state index is -2.59. The van der Waals surface area contributed by atoms with Crippen molar-refractivity contribution >= 4 is 11.8 Å². The van der Waals surface area contributed by atoms with Gasteiger partial charge in [0.25, 0.3) is 0 Å². The Kier molecular flexibility index (Phi) is 7.44. The summed E-state index contributed by atoms with van der Waals surface area (Å²) in [5, 5.41) is 45.9. The molecule has 0 saturated heterocycles. The second kappa shape index (κ2) is 8.58. The van der Waals surface area contributed by atoms with Crippen LogP contribution in [0.4, 0.5) is 0 Å². The summed E-state index contributed by atoms with van der Waals surface area (Å²) in [6.45, 7) is 1.48. The van der Waals surface area contributed by atoms with Crippen LogP contribution in [0.5, 0.6) is 0 Å². The normalized spacial score (nSPS) is 12.3. The van der Waals surface area contributed by atoms with Crippen LogP contribution in [-0.2, 0) is 9.63 Å². The molecule has 0 bridgehead atoms. The Labute approximate surface area is 144 Å². The molecule has 0 atom stereocenters. The highest BCUT2D eigenvalue weighted by molar-refractivity contribution is 5.81.